The summed E-state index contributed by atoms with van der Waals surface area (Å²) in [6, 6.07) is 28.6. The quantitative estimate of drug-likeness (QED) is 0.551. The highest BCUT2D eigenvalue weighted by Gasteiger charge is 2.08. The molecule has 0 saturated carbocycles. The first kappa shape index (κ1) is 14.2. The lowest BCUT2D eigenvalue weighted by Gasteiger charge is -2.14. The van der Waals surface area contributed by atoms with E-state index in [4.69, 9.17) is 4.74 Å². The first-order chi connectivity index (χ1) is 10.9. The lowest BCUT2D eigenvalue weighted by Crippen LogP contribution is -1.96. The molecule has 1 nitrogen and oxygen atoms in total. The highest BCUT2D eigenvalue weighted by atomic mass is 16.5. The topological polar surface area (TPSA) is 9.23 Å². The minimum atomic E-state index is 0.865. The number of hydrogen-bond acceptors (Lipinski definition) is 1. The Labute approximate surface area is 131 Å². The molecule has 0 amide bonds. The molecule has 0 N–H and O–H groups in total. The van der Waals surface area contributed by atoms with E-state index in [-0.39, 0.29) is 0 Å². The van der Waals surface area contributed by atoms with Gasteiger partial charge in [-0.3, -0.25) is 0 Å². The Hall–Kier alpha value is -2.80. The maximum atomic E-state index is 6.20. The van der Waals surface area contributed by atoms with Crippen LogP contribution in [0, 0.1) is 0 Å². The Kier molecular flexibility index (Phi) is 4.35. The number of rotatable bonds is 4. The molecule has 0 aliphatic carbocycles. The molecule has 0 heterocycles. The molecule has 3 aromatic carbocycles. The van der Waals surface area contributed by atoms with Gasteiger partial charge in [-0.25, -0.2) is 0 Å². The van der Waals surface area contributed by atoms with Crippen molar-refractivity contribution in [3.05, 3.63) is 96.6 Å². The predicted molar refractivity (Wildman–Crippen MR) is 92.6 cm³/mol. The van der Waals surface area contributed by atoms with Gasteiger partial charge in [0.1, 0.15) is 11.5 Å². The normalized spacial score (nSPS) is 11.2. The van der Waals surface area contributed by atoms with Gasteiger partial charge in [-0.15, -0.1) is 0 Å². The molecule has 3 aromatic rings. The third-order valence-electron chi connectivity index (χ3n) is 3.51. The SMILES string of the molecule is CC=C(Oc1ccccc1-c1ccccc1)c1ccccc1. The maximum Gasteiger partial charge on any atom is 0.135 e. The summed E-state index contributed by atoms with van der Waals surface area (Å²) in [7, 11) is 0. The Morgan fingerprint density at radius 2 is 1.32 bits per heavy atom. The van der Waals surface area contributed by atoms with Crippen molar-refractivity contribution in [1.82, 2.24) is 0 Å². The minimum Gasteiger partial charge on any atom is -0.456 e. The first-order valence-electron chi connectivity index (χ1n) is 7.42. The number of hydrogen-bond donors (Lipinski definition) is 0. The molecule has 3 rings (SSSR count). The standard InChI is InChI=1S/C21H18O/c1-2-20(18-13-7-4-8-14-18)22-21-16-10-9-15-19(21)17-11-5-3-6-12-17/h2-16H,1H3. The summed E-state index contributed by atoms with van der Waals surface area (Å²) in [5, 5.41) is 0. The summed E-state index contributed by atoms with van der Waals surface area (Å²) in [5.74, 6) is 1.73. The van der Waals surface area contributed by atoms with E-state index >= 15 is 0 Å². The van der Waals surface area contributed by atoms with E-state index in [2.05, 4.69) is 30.3 Å². The molecular formula is C21H18O. The number of benzene rings is 3. The number of allylic oxidation sites excluding steroid dienone is 1. The van der Waals surface area contributed by atoms with Crippen molar-refractivity contribution in [2.75, 3.05) is 0 Å². The highest BCUT2D eigenvalue weighted by Crippen LogP contribution is 2.32. The molecule has 0 saturated heterocycles. The van der Waals surface area contributed by atoms with Gasteiger partial charge in [-0.1, -0.05) is 78.9 Å². The Bertz CT molecular complexity index is 758. The lowest BCUT2D eigenvalue weighted by atomic mass is 10.0. The van der Waals surface area contributed by atoms with Crippen molar-refractivity contribution >= 4 is 5.76 Å². The van der Waals surface area contributed by atoms with Crippen molar-refractivity contribution in [1.29, 1.82) is 0 Å². The van der Waals surface area contributed by atoms with Crippen LogP contribution in [-0.2, 0) is 0 Å². The van der Waals surface area contributed by atoms with Gasteiger partial charge in [0.15, 0.2) is 0 Å². The molecule has 0 aromatic heterocycles. The van der Waals surface area contributed by atoms with E-state index < -0.39 is 0 Å². The van der Waals surface area contributed by atoms with E-state index in [0.717, 1.165) is 28.2 Å². The summed E-state index contributed by atoms with van der Waals surface area (Å²) in [6.07, 6.45) is 2.00. The zero-order chi connectivity index (χ0) is 15.2. The molecule has 0 bridgehead atoms. The molecule has 1 heteroatoms. The van der Waals surface area contributed by atoms with Gasteiger partial charge in [0, 0.05) is 11.1 Å². The summed E-state index contributed by atoms with van der Waals surface area (Å²) in [5.41, 5.74) is 3.33. The van der Waals surface area contributed by atoms with Crippen molar-refractivity contribution in [3.63, 3.8) is 0 Å². The molecule has 0 aliphatic heterocycles. The summed E-state index contributed by atoms with van der Waals surface area (Å²) >= 11 is 0. The van der Waals surface area contributed by atoms with Crippen molar-refractivity contribution in [2.45, 2.75) is 6.92 Å². The van der Waals surface area contributed by atoms with Gasteiger partial charge in [-0.2, -0.15) is 0 Å². The Balaban J connectivity index is 1.96. The molecule has 0 spiro atoms. The second kappa shape index (κ2) is 6.77. The third-order valence-corrected chi connectivity index (χ3v) is 3.51. The van der Waals surface area contributed by atoms with Crippen LogP contribution in [0.15, 0.2) is 91.0 Å². The van der Waals surface area contributed by atoms with Crippen molar-refractivity contribution in [3.8, 4) is 16.9 Å². The smallest absolute Gasteiger partial charge is 0.135 e. The Morgan fingerprint density at radius 3 is 2.00 bits per heavy atom. The molecule has 108 valence electrons. The van der Waals surface area contributed by atoms with E-state index in [1.807, 2.05) is 67.6 Å². The Morgan fingerprint density at radius 1 is 0.727 bits per heavy atom. The van der Waals surface area contributed by atoms with Crippen LogP contribution < -0.4 is 4.74 Å². The largest absolute Gasteiger partial charge is 0.456 e. The van der Waals surface area contributed by atoms with Crippen molar-refractivity contribution in [2.24, 2.45) is 0 Å². The fourth-order valence-electron chi connectivity index (χ4n) is 2.42. The van der Waals surface area contributed by atoms with Crippen LogP contribution in [0.2, 0.25) is 0 Å². The van der Waals surface area contributed by atoms with Crippen LogP contribution in [-0.4, -0.2) is 0 Å². The zero-order valence-electron chi connectivity index (χ0n) is 12.6. The predicted octanol–water partition coefficient (Wildman–Crippen LogP) is 5.79. The van der Waals surface area contributed by atoms with Crippen LogP contribution in [0.25, 0.3) is 16.9 Å². The second-order valence-corrected chi connectivity index (χ2v) is 4.98. The molecule has 0 radical (unpaired) electrons. The van der Waals surface area contributed by atoms with Crippen LogP contribution in [0.4, 0.5) is 0 Å². The van der Waals surface area contributed by atoms with E-state index in [1.54, 1.807) is 0 Å². The van der Waals surface area contributed by atoms with Gasteiger partial charge in [-0.05, 0) is 24.6 Å². The fourth-order valence-corrected chi connectivity index (χ4v) is 2.42. The van der Waals surface area contributed by atoms with Crippen LogP contribution >= 0.6 is 0 Å². The van der Waals surface area contributed by atoms with Crippen LogP contribution in [0.5, 0.6) is 5.75 Å². The van der Waals surface area contributed by atoms with Gasteiger partial charge < -0.3 is 4.74 Å². The minimum absolute atomic E-state index is 0.865. The van der Waals surface area contributed by atoms with Crippen LogP contribution in [0.1, 0.15) is 12.5 Å². The number of ether oxygens (including phenoxy) is 1. The zero-order valence-corrected chi connectivity index (χ0v) is 12.6. The fraction of sp³-hybridized carbons (Fsp3) is 0.0476. The molecule has 0 unspecified atom stereocenters. The summed E-state index contributed by atoms with van der Waals surface area (Å²) in [6.45, 7) is 1.99. The maximum absolute atomic E-state index is 6.20. The van der Waals surface area contributed by atoms with E-state index in [9.17, 15) is 0 Å². The van der Waals surface area contributed by atoms with Crippen LogP contribution in [0.3, 0.4) is 0 Å². The number of para-hydroxylation sites is 1. The van der Waals surface area contributed by atoms with E-state index in [1.165, 1.54) is 0 Å². The first-order valence-corrected chi connectivity index (χ1v) is 7.42. The molecule has 0 fully saturated rings. The third kappa shape index (κ3) is 3.09. The molecule has 0 atom stereocenters. The summed E-state index contributed by atoms with van der Waals surface area (Å²) in [4.78, 5) is 0. The lowest BCUT2D eigenvalue weighted by molar-refractivity contribution is 0.516. The average molecular weight is 286 g/mol. The second-order valence-electron chi connectivity index (χ2n) is 4.98. The molecule has 0 aliphatic rings. The van der Waals surface area contributed by atoms with Gasteiger partial charge in [0.2, 0.25) is 0 Å². The molecule has 22 heavy (non-hydrogen) atoms. The monoisotopic (exact) mass is 286 g/mol. The highest BCUT2D eigenvalue weighted by molar-refractivity contribution is 5.73. The van der Waals surface area contributed by atoms with Gasteiger partial charge in [0.25, 0.3) is 0 Å². The van der Waals surface area contributed by atoms with Crippen molar-refractivity contribution < 1.29 is 4.74 Å². The van der Waals surface area contributed by atoms with E-state index in [0.29, 0.717) is 0 Å². The molecular weight excluding hydrogens is 268 g/mol. The average Bonchev–Trinajstić information content (AvgIpc) is 2.61. The van der Waals surface area contributed by atoms with Gasteiger partial charge in [0.05, 0.1) is 0 Å². The summed E-state index contributed by atoms with van der Waals surface area (Å²) < 4.78 is 6.20. The van der Waals surface area contributed by atoms with Gasteiger partial charge >= 0.3 is 0 Å².